The number of hydrogen-bond donors (Lipinski definition) is 2. The molecule has 7 nitrogen and oxygen atoms in total. The number of nitrogens with zero attached hydrogens (tertiary/aromatic N) is 3. The van der Waals surface area contributed by atoms with Crippen LogP contribution in [0.5, 0.6) is 5.75 Å². The van der Waals surface area contributed by atoms with E-state index in [1.165, 1.54) is 18.2 Å². The SMILES string of the molecule is CCN(CCNCc1ccc(C#N)cc1)Cc1cc(O)c2c(c1)CN(CC1C=CC=C(OC(F)(F)F)C=C1)C2=O. The lowest BCUT2D eigenvalue weighted by Crippen LogP contribution is -2.31. The van der Waals surface area contributed by atoms with Crippen molar-refractivity contribution in [1.82, 2.24) is 15.1 Å². The van der Waals surface area contributed by atoms with Crippen LogP contribution in [0.15, 0.2) is 72.5 Å². The lowest BCUT2D eigenvalue weighted by Gasteiger charge is -2.21. The highest BCUT2D eigenvalue weighted by molar-refractivity contribution is 6.01. The number of likely N-dealkylation sites (N-methyl/N-ethyl adjacent to an activating group) is 1. The molecule has 40 heavy (non-hydrogen) atoms. The second-order valence-corrected chi connectivity index (χ2v) is 9.71. The molecular formula is C30H31F3N4O3. The van der Waals surface area contributed by atoms with Gasteiger partial charge in [0.1, 0.15) is 11.5 Å². The first-order chi connectivity index (χ1) is 19.1. The summed E-state index contributed by atoms with van der Waals surface area (Å²) in [7, 11) is 0. The molecular weight excluding hydrogens is 521 g/mol. The number of hydrogen-bond acceptors (Lipinski definition) is 6. The Hall–Kier alpha value is -4.07. The van der Waals surface area contributed by atoms with E-state index in [0.717, 1.165) is 36.3 Å². The van der Waals surface area contributed by atoms with Gasteiger partial charge in [0.05, 0.1) is 17.2 Å². The molecule has 1 amide bonds. The molecule has 0 spiro atoms. The van der Waals surface area contributed by atoms with Gasteiger partial charge in [-0.25, -0.2) is 0 Å². The van der Waals surface area contributed by atoms with Crippen molar-refractivity contribution >= 4 is 5.91 Å². The molecule has 4 rings (SSSR count). The van der Waals surface area contributed by atoms with Crippen molar-refractivity contribution in [1.29, 1.82) is 5.26 Å². The Balaban J connectivity index is 1.31. The number of fused-ring (bicyclic) bond motifs is 1. The van der Waals surface area contributed by atoms with E-state index in [2.05, 4.69) is 27.9 Å². The molecule has 1 aliphatic carbocycles. The van der Waals surface area contributed by atoms with Crippen LogP contribution in [0.1, 0.15) is 39.5 Å². The molecule has 210 valence electrons. The Morgan fingerprint density at radius 2 is 1.98 bits per heavy atom. The minimum atomic E-state index is -4.78. The molecule has 2 aliphatic rings. The number of alkyl halides is 3. The van der Waals surface area contributed by atoms with Crippen molar-refractivity contribution in [3.8, 4) is 11.8 Å². The Bertz CT molecular complexity index is 1340. The third-order valence-electron chi connectivity index (χ3n) is 6.78. The van der Waals surface area contributed by atoms with Crippen LogP contribution >= 0.6 is 0 Å². The molecule has 0 saturated carbocycles. The normalized spacial score (nSPS) is 16.6. The maximum absolute atomic E-state index is 13.0. The lowest BCUT2D eigenvalue weighted by molar-refractivity contribution is -0.303. The number of rotatable bonds is 11. The van der Waals surface area contributed by atoms with Gasteiger partial charge in [-0.1, -0.05) is 43.4 Å². The predicted molar refractivity (Wildman–Crippen MR) is 144 cm³/mol. The Labute approximate surface area is 231 Å². The van der Waals surface area contributed by atoms with E-state index in [1.54, 1.807) is 35.3 Å². The quantitative estimate of drug-likeness (QED) is 0.382. The van der Waals surface area contributed by atoms with Gasteiger partial charge < -0.3 is 20.1 Å². The molecule has 2 aromatic carbocycles. The number of phenolic OH excluding ortho intramolecular Hbond substituents is 1. The summed E-state index contributed by atoms with van der Waals surface area (Å²) >= 11 is 0. The number of nitrogens with one attached hydrogen (secondary N) is 1. The van der Waals surface area contributed by atoms with Gasteiger partial charge in [0.25, 0.3) is 5.91 Å². The topological polar surface area (TPSA) is 88.8 Å². The number of benzene rings is 2. The summed E-state index contributed by atoms with van der Waals surface area (Å²) in [4.78, 5) is 16.9. The zero-order valence-electron chi connectivity index (χ0n) is 22.1. The van der Waals surface area contributed by atoms with Crippen molar-refractivity contribution < 1.29 is 27.8 Å². The van der Waals surface area contributed by atoms with E-state index < -0.39 is 6.36 Å². The number of nitriles is 1. The number of carbonyl (C=O) groups excluding carboxylic acids is 1. The van der Waals surface area contributed by atoms with E-state index >= 15 is 0 Å². The Morgan fingerprint density at radius 1 is 1.20 bits per heavy atom. The van der Waals surface area contributed by atoms with E-state index in [9.17, 15) is 23.1 Å². The summed E-state index contributed by atoms with van der Waals surface area (Å²) < 4.78 is 41.5. The minimum Gasteiger partial charge on any atom is -0.507 e. The molecule has 10 heteroatoms. The molecule has 0 radical (unpaired) electrons. The zero-order valence-corrected chi connectivity index (χ0v) is 22.1. The number of aromatic hydroxyl groups is 1. The van der Waals surface area contributed by atoms with Crippen molar-refractivity contribution in [2.45, 2.75) is 32.9 Å². The monoisotopic (exact) mass is 552 g/mol. The van der Waals surface area contributed by atoms with Crippen molar-refractivity contribution in [3.05, 3.63) is 100 Å². The Morgan fingerprint density at radius 3 is 2.67 bits per heavy atom. The fourth-order valence-corrected chi connectivity index (χ4v) is 4.78. The fourth-order valence-electron chi connectivity index (χ4n) is 4.78. The second-order valence-electron chi connectivity index (χ2n) is 9.71. The van der Waals surface area contributed by atoms with Crippen LogP contribution in [0.3, 0.4) is 0 Å². The highest BCUT2D eigenvalue weighted by Crippen LogP contribution is 2.33. The molecule has 1 unspecified atom stereocenters. The second kappa shape index (κ2) is 12.9. The van der Waals surface area contributed by atoms with Gasteiger partial charge in [-0.2, -0.15) is 5.26 Å². The molecule has 2 aromatic rings. The third-order valence-corrected chi connectivity index (χ3v) is 6.78. The molecule has 2 N–H and O–H groups in total. The number of ether oxygens (including phenoxy) is 1. The number of amides is 1. The molecule has 0 bridgehead atoms. The van der Waals surface area contributed by atoms with Crippen LogP contribution in [0.25, 0.3) is 0 Å². The van der Waals surface area contributed by atoms with E-state index in [1.807, 2.05) is 18.2 Å². The fraction of sp³-hybridized carbons (Fsp3) is 0.333. The summed E-state index contributed by atoms with van der Waals surface area (Å²) in [6.07, 6.45) is 2.45. The zero-order chi connectivity index (χ0) is 28.7. The van der Waals surface area contributed by atoms with Crippen LogP contribution in [0.2, 0.25) is 0 Å². The molecule has 0 fully saturated rings. The number of allylic oxidation sites excluding steroid dienone is 3. The van der Waals surface area contributed by atoms with E-state index in [0.29, 0.717) is 25.2 Å². The number of halogens is 3. The summed E-state index contributed by atoms with van der Waals surface area (Å²) in [6, 6.07) is 13.1. The third kappa shape index (κ3) is 7.74. The number of phenols is 1. The van der Waals surface area contributed by atoms with Crippen molar-refractivity contribution in [2.24, 2.45) is 5.92 Å². The predicted octanol–water partition coefficient (Wildman–Crippen LogP) is 4.99. The minimum absolute atomic E-state index is 0.0653. The Kier molecular flexibility index (Phi) is 9.30. The summed E-state index contributed by atoms with van der Waals surface area (Å²) in [5, 5.41) is 23.0. The van der Waals surface area contributed by atoms with Crippen molar-refractivity contribution in [3.63, 3.8) is 0 Å². The molecule has 1 atom stereocenters. The first-order valence-corrected chi connectivity index (χ1v) is 13.0. The van der Waals surface area contributed by atoms with Gasteiger partial charge in [-0.15, -0.1) is 13.2 Å². The molecule has 0 saturated heterocycles. The summed E-state index contributed by atoms with van der Waals surface area (Å²) in [5.41, 5.74) is 3.63. The first kappa shape index (κ1) is 28.9. The van der Waals surface area contributed by atoms with Crippen LogP contribution in [-0.4, -0.2) is 53.4 Å². The van der Waals surface area contributed by atoms with Gasteiger partial charge in [0, 0.05) is 45.2 Å². The van der Waals surface area contributed by atoms with Gasteiger partial charge in [-0.05, 0) is 53.6 Å². The lowest BCUT2D eigenvalue weighted by atomic mass is 10.0. The van der Waals surface area contributed by atoms with Crippen LogP contribution in [-0.2, 0) is 24.4 Å². The largest absolute Gasteiger partial charge is 0.573 e. The standard InChI is InChI=1S/C30H31F3N4O3/c1-2-36(13-12-35-17-22-8-6-21(16-34)7-9-22)18-24-14-25-20-37(29(39)28(25)27(38)15-24)19-23-4-3-5-26(11-10-23)40-30(31,32)33/h3-11,14-15,23,35,38H,2,12-13,17-20H2,1H3. The molecule has 0 aromatic heterocycles. The van der Waals surface area contributed by atoms with Gasteiger partial charge in [0.2, 0.25) is 0 Å². The average Bonchev–Trinajstić information content (AvgIpc) is 3.07. The highest BCUT2D eigenvalue weighted by atomic mass is 19.4. The first-order valence-electron chi connectivity index (χ1n) is 13.0. The average molecular weight is 553 g/mol. The molecule has 1 heterocycles. The number of carbonyl (C=O) groups is 1. The van der Waals surface area contributed by atoms with Crippen LogP contribution in [0, 0.1) is 17.2 Å². The van der Waals surface area contributed by atoms with Crippen molar-refractivity contribution in [2.75, 3.05) is 26.2 Å². The van der Waals surface area contributed by atoms with Gasteiger partial charge in [0.15, 0.2) is 0 Å². The summed E-state index contributed by atoms with van der Waals surface area (Å²) in [6.45, 7) is 6.27. The molecule has 1 aliphatic heterocycles. The van der Waals surface area contributed by atoms with Crippen LogP contribution in [0.4, 0.5) is 13.2 Å². The summed E-state index contributed by atoms with van der Waals surface area (Å²) in [5.74, 6) is -0.999. The van der Waals surface area contributed by atoms with Gasteiger partial charge >= 0.3 is 6.36 Å². The highest BCUT2D eigenvalue weighted by Gasteiger charge is 2.33. The van der Waals surface area contributed by atoms with Gasteiger partial charge in [-0.3, -0.25) is 9.69 Å². The van der Waals surface area contributed by atoms with E-state index in [4.69, 9.17) is 5.26 Å². The van der Waals surface area contributed by atoms with E-state index in [-0.39, 0.29) is 35.4 Å². The van der Waals surface area contributed by atoms with Crippen LogP contribution < -0.4 is 5.32 Å². The maximum Gasteiger partial charge on any atom is 0.573 e. The maximum atomic E-state index is 13.0. The smallest absolute Gasteiger partial charge is 0.507 e.